The lowest BCUT2D eigenvalue weighted by Crippen LogP contribution is -2.22. The minimum absolute atomic E-state index is 0.100. The molecule has 0 aliphatic rings. The fraction of sp³-hybridized carbons (Fsp3) is 0. The standard InChI is InChI=1S/C14H10O3/c15-9-12-4-1-2-7-13(12)10-5-3-6-11(8-10)14(16)17/h1-9H,(H,16,17)/p-1. The molecule has 2 aromatic carbocycles. The predicted molar refractivity (Wildman–Crippen MR) is 61.6 cm³/mol. The molecule has 0 amide bonds. The maximum atomic E-state index is 10.9. The van der Waals surface area contributed by atoms with Crippen molar-refractivity contribution >= 4 is 12.3 Å². The van der Waals surface area contributed by atoms with Crippen molar-refractivity contribution in [3.63, 3.8) is 0 Å². The van der Waals surface area contributed by atoms with Crippen LogP contribution in [0, 0.1) is 0 Å². The first-order valence-corrected chi connectivity index (χ1v) is 5.08. The van der Waals surface area contributed by atoms with Crippen LogP contribution in [0.5, 0.6) is 0 Å². The topological polar surface area (TPSA) is 57.2 Å². The molecular weight excluding hydrogens is 216 g/mol. The van der Waals surface area contributed by atoms with Gasteiger partial charge in [-0.3, -0.25) is 4.79 Å². The van der Waals surface area contributed by atoms with Crippen LogP contribution in [0.2, 0.25) is 0 Å². The molecule has 0 bridgehead atoms. The largest absolute Gasteiger partial charge is 0.545 e. The van der Waals surface area contributed by atoms with Crippen molar-refractivity contribution < 1.29 is 14.7 Å². The number of carboxylic acid groups (broad SMARTS) is 1. The molecule has 0 saturated heterocycles. The second kappa shape index (κ2) is 4.61. The van der Waals surface area contributed by atoms with Crippen LogP contribution in [0.15, 0.2) is 48.5 Å². The van der Waals surface area contributed by atoms with E-state index in [1.807, 2.05) is 0 Å². The Morgan fingerprint density at radius 2 is 1.82 bits per heavy atom. The minimum Gasteiger partial charge on any atom is -0.545 e. The lowest BCUT2D eigenvalue weighted by molar-refractivity contribution is -0.255. The van der Waals surface area contributed by atoms with Crippen LogP contribution < -0.4 is 5.11 Å². The summed E-state index contributed by atoms with van der Waals surface area (Å²) in [6.07, 6.45) is 0.751. The molecule has 0 spiro atoms. The van der Waals surface area contributed by atoms with E-state index in [0.717, 1.165) is 6.29 Å². The Kier molecular flexibility index (Phi) is 3.01. The molecule has 3 nitrogen and oxygen atoms in total. The average molecular weight is 225 g/mol. The van der Waals surface area contributed by atoms with Gasteiger partial charge in [0.25, 0.3) is 0 Å². The van der Waals surface area contributed by atoms with E-state index >= 15 is 0 Å². The molecule has 0 atom stereocenters. The molecule has 2 aromatic rings. The van der Waals surface area contributed by atoms with Crippen molar-refractivity contribution in [1.82, 2.24) is 0 Å². The monoisotopic (exact) mass is 225 g/mol. The van der Waals surface area contributed by atoms with Crippen molar-refractivity contribution in [2.45, 2.75) is 0 Å². The maximum absolute atomic E-state index is 10.9. The fourth-order valence-corrected chi connectivity index (χ4v) is 1.68. The highest BCUT2D eigenvalue weighted by atomic mass is 16.4. The van der Waals surface area contributed by atoms with Gasteiger partial charge in [-0.25, -0.2) is 0 Å². The van der Waals surface area contributed by atoms with Gasteiger partial charge in [-0.1, -0.05) is 42.5 Å². The highest BCUT2D eigenvalue weighted by Crippen LogP contribution is 2.23. The summed E-state index contributed by atoms with van der Waals surface area (Å²) < 4.78 is 0. The number of carbonyl (C=O) groups is 2. The molecule has 0 saturated carbocycles. The second-order valence-corrected chi connectivity index (χ2v) is 3.57. The van der Waals surface area contributed by atoms with Crippen molar-refractivity contribution in [1.29, 1.82) is 0 Å². The zero-order valence-electron chi connectivity index (χ0n) is 8.92. The molecule has 0 heterocycles. The Hall–Kier alpha value is -2.42. The highest BCUT2D eigenvalue weighted by Gasteiger charge is 2.04. The Bertz CT molecular complexity index is 573. The fourth-order valence-electron chi connectivity index (χ4n) is 1.68. The minimum atomic E-state index is -1.23. The summed E-state index contributed by atoms with van der Waals surface area (Å²) in [5.74, 6) is -1.23. The van der Waals surface area contributed by atoms with Gasteiger partial charge in [0.15, 0.2) is 6.29 Å². The van der Waals surface area contributed by atoms with Gasteiger partial charge < -0.3 is 9.90 Å². The van der Waals surface area contributed by atoms with Crippen LogP contribution in [-0.2, 0) is 0 Å². The average Bonchev–Trinajstić information content (AvgIpc) is 2.39. The van der Waals surface area contributed by atoms with Crippen LogP contribution in [0.4, 0.5) is 0 Å². The van der Waals surface area contributed by atoms with Gasteiger partial charge in [0, 0.05) is 5.56 Å². The molecule has 84 valence electrons. The Morgan fingerprint density at radius 3 is 2.53 bits per heavy atom. The van der Waals surface area contributed by atoms with Crippen molar-refractivity contribution in [3.8, 4) is 11.1 Å². The Balaban J connectivity index is 2.56. The van der Waals surface area contributed by atoms with Crippen LogP contribution in [0.3, 0.4) is 0 Å². The number of carbonyl (C=O) groups excluding carboxylic acids is 2. The zero-order valence-corrected chi connectivity index (χ0v) is 8.92. The van der Waals surface area contributed by atoms with E-state index in [0.29, 0.717) is 16.7 Å². The normalized spacial score (nSPS) is 9.88. The molecule has 0 N–H and O–H groups in total. The van der Waals surface area contributed by atoms with Crippen LogP contribution >= 0.6 is 0 Å². The summed E-state index contributed by atoms with van der Waals surface area (Å²) in [7, 11) is 0. The first-order chi connectivity index (χ1) is 8.22. The smallest absolute Gasteiger partial charge is 0.150 e. The first-order valence-electron chi connectivity index (χ1n) is 5.08. The zero-order chi connectivity index (χ0) is 12.3. The summed E-state index contributed by atoms with van der Waals surface area (Å²) in [6, 6.07) is 13.4. The SMILES string of the molecule is O=Cc1ccccc1-c1cccc(C(=O)[O-])c1. The number of benzene rings is 2. The summed E-state index contributed by atoms with van der Waals surface area (Å²) in [6.45, 7) is 0. The van der Waals surface area contributed by atoms with Gasteiger partial charge >= 0.3 is 0 Å². The summed E-state index contributed by atoms with van der Waals surface area (Å²) >= 11 is 0. The van der Waals surface area contributed by atoms with Gasteiger partial charge in [0.2, 0.25) is 0 Å². The van der Waals surface area contributed by atoms with Crippen molar-refractivity contribution in [3.05, 3.63) is 59.7 Å². The van der Waals surface area contributed by atoms with E-state index in [1.54, 1.807) is 36.4 Å². The second-order valence-electron chi connectivity index (χ2n) is 3.57. The van der Waals surface area contributed by atoms with Gasteiger partial charge in [-0.05, 0) is 22.8 Å². The summed E-state index contributed by atoms with van der Waals surface area (Å²) in [5, 5.41) is 10.8. The number of carboxylic acids is 1. The molecule has 0 aromatic heterocycles. The molecule has 0 fully saturated rings. The number of rotatable bonds is 3. The van der Waals surface area contributed by atoms with E-state index in [-0.39, 0.29) is 5.56 Å². The third-order valence-corrected chi connectivity index (χ3v) is 2.50. The number of hydrogen-bond donors (Lipinski definition) is 0. The molecular formula is C14H9O3-. The molecule has 17 heavy (non-hydrogen) atoms. The molecule has 0 radical (unpaired) electrons. The molecule has 0 aliphatic carbocycles. The van der Waals surface area contributed by atoms with Gasteiger partial charge in [-0.2, -0.15) is 0 Å². The van der Waals surface area contributed by atoms with Gasteiger partial charge in [-0.15, -0.1) is 0 Å². The van der Waals surface area contributed by atoms with Crippen molar-refractivity contribution in [2.75, 3.05) is 0 Å². The predicted octanol–water partition coefficient (Wildman–Crippen LogP) is 1.53. The van der Waals surface area contributed by atoms with Gasteiger partial charge in [0.05, 0.1) is 5.97 Å². The lowest BCUT2D eigenvalue weighted by Gasteiger charge is -2.07. The highest BCUT2D eigenvalue weighted by molar-refractivity contribution is 5.91. The first kappa shape index (κ1) is 11.1. The Morgan fingerprint density at radius 1 is 1.06 bits per heavy atom. The summed E-state index contributed by atoms with van der Waals surface area (Å²) in [5.41, 5.74) is 2.03. The van der Waals surface area contributed by atoms with Crippen LogP contribution in [0.25, 0.3) is 11.1 Å². The third kappa shape index (κ3) is 2.23. The van der Waals surface area contributed by atoms with E-state index in [9.17, 15) is 14.7 Å². The third-order valence-electron chi connectivity index (χ3n) is 2.50. The van der Waals surface area contributed by atoms with E-state index in [2.05, 4.69) is 0 Å². The van der Waals surface area contributed by atoms with Crippen LogP contribution in [-0.4, -0.2) is 12.3 Å². The van der Waals surface area contributed by atoms with E-state index < -0.39 is 5.97 Å². The molecule has 0 unspecified atom stereocenters. The quantitative estimate of drug-likeness (QED) is 0.744. The maximum Gasteiger partial charge on any atom is 0.150 e. The summed E-state index contributed by atoms with van der Waals surface area (Å²) in [4.78, 5) is 21.6. The lowest BCUT2D eigenvalue weighted by atomic mass is 9.99. The number of aldehydes is 1. The number of aromatic carboxylic acids is 1. The molecule has 0 aliphatic heterocycles. The van der Waals surface area contributed by atoms with Crippen molar-refractivity contribution in [2.24, 2.45) is 0 Å². The molecule has 3 heteroatoms. The van der Waals surface area contributed by atoms with E-state index in [4.69, 9.17) is 0 Å². The molecule has 2 rings (SSSR count). The van der Waals surface area contributed by atoms with Crippen LogP contribution in [0.1, 0.15) is 20.7 Å². The van der Waals surface area contributed by atoms with Gasteiger partial charge in [0.1, 0.15) is 0 Å². The van der Waals surface area contributed by atoms with E-state index in [1.165, 1.54) is 12.1 Å². The number of hydrogen-bond acceptors (Lipinski definition) is 3. The Labute approximate surface area is 98.3 Å².